The molecule has 1 aliphatic carbocycles. The number of aromatic nitrogens is 2. The molecule has 2 aliphatic rings. The van der Waals surface area contributed by atoms with E-state index in [1.54, 1.807) is 6.07 Å². The smallest absolute Gasteiger partial charge is 0.320 e. The lowest BCUT2D eigenvalue weighted by Gasteiger charge is -2.22. The second-order valence-corrected chi connectivity index (χ2v) is 6.58. The first-order valence-electron chi connectivity index (χ1n) is 9.17. The topological polar surface area (TPSA) is 62.7 Å². The summed E-state index contributed by atoms with van der Waals surface area (Å²) in [6.45, 7) is 2.11. The summed E-state index contributed by atoms with van der Waals surface area (Å²) in [5.41, 5.74) is 2.70. The van der Waals surface area contributed by atoms with Crippen LogP contribution in [-0.2, 0) is 9.47 Å². The molecule has 1 aromatic heterocycles. The molecule has 1 saturated carbocycles. The molecule has 6 nitrogen and oxygen atoms in total. The van der Waals surface area contributed by atoms with Gasteiger partial charge in [0.2, 0.25) is 5.88 Å². The molecule has 1 aliphatic heterocycles. The first-order valence-corrected chi connectivity index (χ1v) is 9.17. The Labute approximate surface area is 158 Å². The van der Waals surface area contributed by atoms with Gasteiger partial charge in [0.05, 0.1) is 32.6 Å². The predicted molar refractivity (Wildman–Crippen MR) is 99.7 cm³/mol. The Balaban J connectivity index is 1.48. The molecule has 1 aromatic carbocycles. The number of ether oxygens (including phenoxy) is 4. The zero-order valence-corrected chi connectivity index (χ0v) is 15.3. The van der Waals surface area contributed by atoms with Crippen LogP contribution in [0.25, 0.3) is 11.3 Å². The van der Waals surface area contributed by atoms with Gasteiger partial charge in [-0.3, -0.25) is 0 Å². The van der Waals surface area contributed by atoms with Crippen LogP contribution in [0.3, 0.4) is 0 Å². The van der Waals surface area contributed by atoms with E-state index in [2.05, 4.69) is 21.8 Å². The molecule has 2 aromatic rings. The number of rotatable bonds is 5. The Morgan fingerprint density at radius 1 is 1.15 bits per heavy atom. The van der Waals surface area contributed by atoms with Crippen molar-refractivity contribution in [2.45, 2.75) is 18.9 Å². The quantitative estimate of drug-likeness (QED) is 0.758. The summed E-state index contributed by atoms with van der Waals surface area (Å²) in [7, 11) is 1.54. The van der Waals surface area contributed by atoms with Crippen LogP contribution in [0.15, 0.2) is 30.3 Å². The van der Waals surface area contributed by atoms with Gasteiger partial charge in [0.1, 0.15) is 12.7 Å². The van der Waals surface area contributed by atoms with Gasteiger partial charge < -0.3 is 18.9 Å². The summed E-state index contributed by atoms with van der Waals surface area (Å²) in [6.07, 6.45) is 2.37. The molecular weight excluding hydrogens is 344 g/mol. The van der Waals surface area contributed by atoms with Crippen molar-refractivity contribution in [3.05, 3.63) is 35.9 Å². The van der Waals surface area contributed by atoms with Crippen LogP contribution in [0.2, 0.25) is 0 Å². The maximum atomic E-state index is 5.79. The number of nitrogens with zero attached hydrogens (tertiary/aromatic N) is 2. The number of hydrogen-bond donors (Lipinski definition) is 0. The third-order valence-electron chi connectivity index (χ3n) is 4.35. The number of methoxy groups -OCH3 is 1. The Morgan fingerprint density at radius 3 is 2.70 bits per heavy atom. The molecule has 4 rings (SSSR count). The number of benzene rings is 1. The van der Waals surface area contributed by atoms with Crippen molar-refractivity contribution in [3.63, 3.8) is 0 Å². The van der Waals surface area contributed by atoms with Crippen LogP contribution >= 0.6 is 0 Å². The van der Waals surface area contributed by atoms with E-state index in [1.807, 2.05) is 24.3 Å². The highest BCUT2D eigenvalue weighted by Crippen LogP contribution is 2.28. The van der Waals surface area contributed by atoms with Crippen LogP contribution in [0, 0.1) is 17.8 Å². The van der Waals surface area contributed by atoms with Crippen molar-refractivity contribution >= 4 is 0 Å². The first-order chi connectivity index (χ1) is 13.3. The van der Waals surface area contributed by atoms with Gasteiger partial charge >= 0.3 is 6.01 Å². The molecule has 1 atom stereocenters. The van der Waals surface area contributed by atoms with E-state index in [4.69, 9.17) is 18.9 Å². The van der Waals surface area contributed by atoms with Crippen molar-refractivity contribution in [3.8, 4) is 35.0 Å². The summed E-state index contributed by atoms with van der Waals surface area (Å²) < 4.78 is 22.0. The van der Waals surface area contributed by atoms with E-state index in [0.29, 0.717) is 38.2 Å². The number of hydrogen-bond acceptors (Lipinski definition) is 6. The Kier molecular flexibility index (Phi) is 5.52. The zero-order chi connectivity index (χ0) is 18.5. The molecule has 2 heterocycles. The van der Waals surface area contributed by atoms with Gasteiger partial charge in [0, 0.05) is 23.1 Å². The largest absolute Gasteiger partial charge is 0.475 e. The van der Waals surface area contributed by atoms with Crippen LogP contribution < -0.4 is 9.47 Å². The maximum absolute atomic E-state index is 5.79. The highest BCUT2D eigenvalue weighted by atomic mass is 16.6. The standard InChI is InChI=1S/C21H22N2O4/c1-24-21-22-19(12-20(23-21)27-14-18-13-25-10-11-26-18)17-8-6-16(7-9-17)5-4-15-2-3-15/h6-9,12,15,18H,2-3,10-11,13-14H2,1H3/t18-/m1/s1. The molecule has 0 unspecified atom stereocenters. The molecule has 0 radical (unpaired) electrons. The van der Waals surface area contributed by atoms with Crippen LogP contribution in [0.4, 0.5) is 0 Å². The molecule has 6 heteroatoms. The van der Waals surface area contributed by atoms with E-state index in [9.17, 15) is 0 Å². The minimum absolute atomic E-state index is 0.0903. The zero-order valence-electron chi connectivity index (χ0n) is 15.3. The molecule has 140 valence electrons. The Bertz CT molecular complexity index is 831. The minimum atomic E-state index is -0.0903. The lowest BCUT2D eigenvalue weighted by atomic mass is 10.1. The summed E-state index contributed by atoms with van der Waals surface area (Å²) in [6, 6.07) is 10.1. The average molecular weight is 366 g/mol. The Morgan fingerprint density at radius 2 is 2.00 bits per heavy atom. The van der Waals surface area contributed by atoms with E-state index < -0.39 is 0 Å². The van der Waals surface area contributed by atoms with Crippen LogP contribution in [0.5, 0.6) is 11.9 Å². The van der Waals surface area contributed by atoms with Crippen LogP contribution in [0.1, 0.15) is 18.4 Å². The van der Waals surface area contributed by atoms with Gasteiger partial charge in [-0.1, -0.05) is 24.0 Å². The van der Waals surface area contributed by atoms with Crippen molar-refractivity contribution in [2.75, 3.05) is 33.5 Å². The molecule has 0 amide bonds. The van der Waals surface area contributed by atoms with Crippen LogP contribution in [-0.4, -0.2) is 49.6 Å². The van der Waals surface area contributed by atoms with E-state index in [0.717, 1.165) is 16.8 Å². The van der Waals surface area contributed by atoms with Gasteiger partial charge in [0.25, 0.3) is 0 Å². The van der Waals surface area contributed by atoms with E-state index in [-0.39, 0.29) is 12.1 Å². The predicted octanol–water partition coefficient (Wildman–Crippen LogP) is 2.71. The lowest BCUT2D eigenvalue weighted by Crippen LogP contribution is -2.33. The van der Waals surface area contributed by atoms with Gasteiger partial charge in [-0.15, -0.1) is 0 Å². The molecular formula is C21H22N2O4. The van der Waals surface area contributed by atoms with E-state index >= 15 is 0 Å². The molecule has 1 saturated heterocycles. The van der Waals surface area contributed by atoms with Gasteiger partial charge in [0.15, 0.2) is 0 Å². The molecule has 0 spiro atoms. The highest BCUT2D eigenvalue weighted by molar-refractivity contribution is 5.61. The minimum Gasteiger partial charge on any atom is -0.475 e. The molecule has 2 fully saturated rings. The first kappa shape index (κ1) is 17.8. The highest BCUT2D eigenvalue weighted by Gasteiger charge is 2.18. The SMILES string of the molecule is COc1nc(OC[C@H]2COCCO2)cc(-c2ccc(C#CC3CC3)cc2)n1. The van der Waals surface area contributed by atoms with Gasteiger partial charge in [-0.05, 0) is 25.0 Å². The maximum Gasteiger partial charge on any atom is 0.320 e. The van der Waals surface area contributed by atoms with Crippen molar-refractivity contribution in [2.24, 2.45) is 5.92 Å². The summed E-state index contributed by atoms with van der Waals surface area (Å²) >= 11 is 0. The molecule has 0 N–H and O–H groups in total. The third kappa shape index (κ3) is 4.97. The molecule has 27 heavy (non-hydrogen) atoms. The Hall–Kier alpha value is -2.62. The second kappa shape index (κ2) is 8.38. The average Bonchev–Trinajstić information content (AvgIpc) is 3.56. The van der Waals surface area contributed by atoms with Crippen molar-refractivity contribution in [1.29, 1.82) is 0 Å². The summed E-state index contributed by atoms with van der Waals surface area (Å²) in [5.74, 6) is 7.53. The second-order valence-electron chi connectivity index (χ2n) is 6.58. The van der Waals surface area contributed by atoms with E-state index in [1.165, 1.54) is 20.0 Å². The summed E-state index contributed by atoms with van der Waals surface area (Å²) in [4.78, 5) is 8.69. The van der Waals surface area contributed by atoms with Gasteiger partial charge in [-0.25, -0.2) is 0 Å². The van der Waals surface area contributed by atoms with Crippen molar-refractivity contribution < 1.29 is 18.9 Å². The third-order valence-corrected chi connectivity index (χ3v) is 4.35. The summed E-state index contributed by atoms with van der Waals surface area (Å²) in [5, 5.41) is 0. The fourth-order valence-corrected chi connectivity index (χ4v) is 2.67. The van der Waals surface area contributed by atoms with Crippen molar-refractivity contribution in [1.82, 2.24) is 9.97 Å². The normalized spacial score (nSPS) is 19.1. The fraction of sp³-hybridized carbons (Fsp3) is 0.429. The van der Waals surface area contributed by atoms with Gasteiger partial charge in [-0.2, -0.15) is 9.97 Å². The monoisotopic (exact) mass is 366 g/mol. The lowest BCUT2D eigenvalue weighted by molar-refractivity contribution is -0.102. The fourth-order valence-electron chi connectivity index (χ4n) is 2.67. The molecule has 0 bridgehead atoms.